The van der Waals surface area contributed by atoms with Crippen LogP contribution in [-0.4, -0.2) is 52.1 Å². The Hall–Kier alpha value is -4.09. The fraction of sp³-hybridized carbons (Fsp3) is 0.200. The number of anilines is 1. The number of hydrogen-bond donors (Lipinski definition) is 3. The van der Waals surface area contributed by atoms with Crippen molar-refractivity contribution in [3.05, 3.63) is 84.4 Å². The summed E-state index contributed by atoms with van der Waals surface area (Å²) in [6, 6.07) is 20.8. The van der Waals surface area contributed by atoms with E-state index >= 15 is 0 Å². The number of sulfonamides is 1. The molecule has 10 nitrogen and oxygen atoms in total. The molecule has 1 amide bonds. The van der Waals surface area contributed by atoms with Gasteiger partial charge in [0.2, 0.25) is 15.9 Å². The van der Waals surface area contributed by atoms with E-state index in [9.17, 15) is 23.1 Å². The average molecular weight is 510 g/mol. The molecule has 36 heavy (non-hydrogen) atoms. The molecule has 0 radical (unpaired) electrons. The predicted molar refractivity (Wildman–Crippen MR) is 136 cm³/mol. The fourth-order valence-corrected chi connectivity index (χ4v) is 4.15. The van der Waals surface area contributed by atoms with E-state index in [4.69, 9.17) is 0 Å². The number of carboxylic acid groups (broad SMARTS) is 1. The Bertz CT molecular complexity index is 1310. The summed E-state index contributed by atoms with van der Waals surface area (Å²) in [6.45, 7) is -0.606. The van der Waals surface area contributed by atoms with Crippen LogP contribution >= 0.6 is 0 Å². The summed E-state index contributed by atoms with van der Waals surface area (Å²) in [6.07, 6.45) is 0.0739. The van der Waals surface area contributed by atoms with Crippen LogP contribution in [0.4, 0.5) is 17.1 Å². The average Bonchev–Trinajstić information content (AvgIpc) is 2.87. The quantitative estimate of drug-likeness (QED) is 0.339. The van der Waals surface area contributed by atoms with E-state index in [2.05, 4.69) is 20.3 Å². The molecule has 0 saturated heterocycles. The minimum Gasteiger partial charge on any atom is -0.480 e. The normalized spacial score (nSPS) is 12.3. The molecule has 3 aromatic rings. The van der Waals surface area contributed by atoms with E-state index in [1.54, 1.807) is 30.3 Å². The van der Waals surface area contributed by atoms with Crippen LogP contribution in [0.2, 0.25) is 0 Å². The van der Waals surface area contributed by atoms with Gasteiger partial charge in [0.1, 0.15) is 6.04 Å². The number of rotatable bonds is 11. The van der Waals surface area contributed by atoms with E-state index in [0.717, 1.165) is 11.3 Å². The zero-order chi connectivity index (χ0) is 26.1. The molecule has 188 valence electrons. The summed E-state index contributed by atoms with van der Waals surface area (Å²) in [5.41, 5.74) is 2.86. The van der Waals surface area contributed by atoms with Crippen molar-refractivity contribution in [3.8, 4) is 0 Å². The molecule has 0 saturated carbocycles. The molecular weight excluding hydrogens is 482 g/mol. The number of nitrogens with zero attached hydrogens (tertiary/aromatic N) is 3. The first kappa shape index (κ1) is 26.5. The van der Waals surface area contributed by atoms with Gasteiger partial charge in [-0.25, -0.2) is 17.9 Å². The molecule has 1 atom stereocenters. The van der Waals surface area contributed by atoms with Crippen molar-refractivity contribution < 1.29 is 23.1 Å². The Balaban J connectivity index is 1.56. The van der Waals surface area contributed by atoms with Gasteiger partial charge < -0.3 is 15.3 Å². The first-order valence-corrected chi connectivity index (χ1v) is 12.5. The molecule has 0 heterocycles. The van der Waals surface area contributed by atoms with Gasteiger partial charge >= 0.3 is 5.97 Å². The molecular formula is C25H27N5O5S. The van der Waals surface area contributed by atoms with E-state index < -0.39 is 34.5 Å². The molecule has 11 heteroatoms. The van der Waals surface area contributed by atoms with Gasteiger partial charge in [0.05, 0.1) is 22.8 Å². The Morgan fingerprint density at radius 1 is 0.889 bits per heavy atom. The number of carbonyl (C=O) groups excluding carboxylic acids is 1. The summed E-state index contributed by atoms with van der Waals surface area (Å²) in [5.74, 6) is -1.97. The van der Waals surface area contributed by atoms with E-state index in [0.29, 0.717) is 11.4 Å². The van der Waals surface area contributed by atoms with Gasteiger partial charge in [0, 0.05) is 26.2 Å². The van der Waals surface area contributed by atoms with Crippen LogP contribution in [0.5, 0.6) is 0 Å². The van der Waals surface area contributed by atoms with Crippen LogP contribution in [0.15, 0.2) is 94.0 Å². The van der Waals surface area contributed by atoms with Crippen molar-refractivity contribution in [3.63, 3.8) is 0 Å². The molecule has 0 spiro atoms. The van der Waals surface area contributed by atoms with Gasteiger partial charge in [-0.1, -0.05) is 30.3 Å². The lowest BCUT2D eigenvalue weighted by Gasteiger charge is -2.15. The summed E-state index contributed by atoms with van der Waals surface area (Å²) < 4.78 is 27.3. The largest absolute Gasteiger partial charge is 0.480 e. The third-order valence-corrected chi connectivity index (χ3v) is 6.55. The number of benzene rings is 3. The van der Waals surface area contributed by atoms with Gasteiger partial charge in [-0.3, -0.25) is 4.79 Å². The van der Waals surface area contributed by atoms with Crippen LogP contribution in [0.25, 0.3) is 0 Å². The SMILES string of the molecule is CN(C)c1ccc(N=Nc2ccc(S(=O)(=O)NCC(=O)N[C@@H](Cc3ccccc3)C(=O)O)cc2)cc1. The van der Waals surface area contributed by atoms with Crippen molar-refractivity contribution in [2.75, 3.05) is 25.5 Å². The van der Waals surface area contributed by atoms with Gasteiger partial charge in [-0.2, -0.15) is 10.2 Å². The van der Waals surface area contributed by atoms with Gasteiger partial charge in [-0.15, -0.1) is 0 Å². The number of azo groups is 1. The first-order chi connectivity index (χ1) is 17.1. The van der Waals surface area contributed by atoms with Crippen molar-refractivity contribution in [2.45, 2.75) is 17.4 Å². The smallest absolute Gasteiger partial charge is 0.326 e. The third-order valence-electron chi connectivity index (χ3n) is 5.13. The molecule has 3 rings (SSSR count). The van der Waals surface area contributed by atoms with Gasteiger partial charge in [-0.05, 0) is 54.1 Å². The molecule has 0 bridgehead atoms. The topological polar surface area (TPSA) is 141 Å². The highest BCUT2D eigenvalue weighted by Gasteiger charge is 2.22. The lowest BCUT2D eigenvalue weighted by Crippen LogP contribution is -2.46. The van der Waals surface area contributed by atoms with E-state index in [-0.39, 0.29) is 11.3 Å². The van der Waals surface area contributed by atoms with Gasteiger partial charge in [0.15, 0.2) is 0 Å². The molecule has 0 unspecified atom stereocenters. The minimum atomic E-state index is -4.00. The first-order valence-electron chi connectivity index (χ1n) is 11.0. The monoisotopic (exact) mass is 509 g/mol. The zero-order valence-corrected chi connectivity index (χ0v) is 20.6. The summed E-state index contributed by atoms with van der Waals surface area (Å²) in [4.78, 5) is 25.6. The molecule has 0 aliphatic rings. The van der Waals surface area contributed by atoms with Gasteiger partial charge in [0.25, 0.3) is 0 Å². The highest BCUT2D eigenvalue weighted by Crippen LogP contribution is 2.22. The second-order valence-corrected chi connectivity index (χ2v) is 9.84. The molecule has 0 fully saturated rings. The fourth-order valence-electron chi connectivity index (χ4n) is 3.16. The van der Waals surface area contributed by atoms with Crippen LogP contribution in [0, 0.1) is 0 Å². The number of hydrogen-bond acceptors (Lipinski definition) is 7. The third kappa shape index (κ3) is 7.72. The zero-order valence-electron chi connectivity index (χ0n) is 19.8. The summed E-state index contributed by atoms with van der Waals surface area (Å²) >= 11 is 0. The number of nitrogens with one attached hydrogen (secondary N) is 2. The van der Waals surface area contributed by atoms with E-state index in [1.165, 1.54) is 24.3 Å². The Morgan fingerprint density at radius 3 is 1.97 bits per heavy atom. The molecule has 3 N–H and O–H groups in total. The molecule has 3 aromatic carbocycles. The molecule has 0 aliphatic heterocycles. The second kappa shape index (κ2) is 12.0. The number of carbonyl (C=O) groups is 2. The van der Waals surface area contributed by atoms with Crippen molar-refractivity contribution in [2.24, 2.45) is 10.2 Å². The number of aliphatic carboxylic acids is 1. The minimum absolute atomic E-state index is 0.0661. The summed E-state index contributed by atoms with van der Waals surface area (Å²) in [5, 5.41) is 20.0. The lowest BCUT2D eigenvalue weighted by atomic mass is 10.1. The highest BCUT2D eigenvalue weighted by molar-refractivity contribution is 7.89. The van der Waals surface area contributed by atoms with Crippen molar-refractivity contribution >= 4 is 39.0 Å². The maximum atomic E-state index is 12.6. The Morgan fingerprint density at radius 2 is 1.44 bits per heavy atom. The molecule has 0 aliphatic carbocycles. The maximum Gasteiger partial charge on any atom is 0.326 e. The van der Waals surface area contributed by atoms with E-state index in [1.807, 2.05) is 43.3 Å². The number of carboxylic acids is 1. The molecule has 0 aromatic heterocycles. The highest BCUT2D eigenvalue weighted by atomic mass is 32.2. The Kier molecular flexibility index (Phi) is 8.87. The summed E-state index contributed by atoms with van der Waals surface area (Å²) in [7, 11) is -0.129. The Labute approximate surface area is 209 Å². The van der Waals surface area contributed by atoms with Crippen LogP contribution < -0.4 is 14.9 Å². The second-order valence-electron chi connectivity index (χ2n) is 8.08. The lowest BCUT2D eigenvalue weighted by molar-refractivity contribution is -0.141. The van der Waals surface area contributed by atoms with Crippen LogP contribution in [0.1, 0.15) is 5.56 Å². The number of amides is 1. The van der Waals surface area contributed by atoms with Crippen molar-refractivity contribution in [1.82, 2.24) is 10.0 Å². The van der Waals surface area contributed by atoms with Crippen LogP contribution in [0.3, 0.4) is 0 Å². The predicted octanol–water partition coefficient (Wildman–Crippen LogP) is 3.26. The standard InChI is InChI=1S/C25H27N5O5S/c1-30(2)21-12-8-19(9-13-21)28-29-20-10-14-22(15-11-20)36(34,35)26-17-24(31)27-23(25(32)33)16-18-6-4-3-5-7-18/h3-15,23,26H,16-17H2,1-2H3,(H,27,31)(H,32,33)/t23-/m0/s1. The van der Waals surface area contributed by atoms with Crippen molar-refractivity contribution in [1.29, 1.82) is 0 Å². The van der Waals surface area contributed by atoms with Crippen LogP contribution in [-0.2, 0) is 26.0 Å². The maximum absolute atomic E-state index is 12.6.